The molecule has 0 aliphatic heterocycles. The van der Waals surface area contributed by atoms with Gasteiger partial charge in [0.1, 0.15) is 4.90 Å². The smallest absolute Gasteiger partial charge is 0.273 e. The lowest BCUT2D eigenvalue weighted by Gasteiger charge is -2.19. The molecule has 1 amide bonds. The zero-order chi connectivity index (χ0) is 15.6. The van der Waals surface area contributed by atoms with Crippen LogP contribution in [0.25, 0.3) is 0 Å². The van der Waals surface area contributed by atoms with Gasteiger partial charge in [-0.2, -0.15) is 5.10 Å². The van der Waals surface area contributed by atoms with E-state index >= 15 is 0 Å². The number of primary sulfonamides is 1. The van der Waals surface area contributed by atoms with Crippen molar-refractivity contribution in [3.8, 4) is 0 Å². The molecule has 9 heteroatoms. The third kappa shape index (κ3) is 3.25. The van der Waals surface area contributed by atoms with Crippen LogP contribution in [-0.2, 0) is 21.2 Å². The van der Waals surface area contributed by atoms with Crippen molar-refractivity contribution in [2.45, 2.75) is 49.6 Å². The van der Waals surface area contributed by atoms with Crippen LogP contribution in [0.3, 0.4) is 0 Å². The van der Waals surface area contributed by atoms with Crippen molar-refractivity contribution >= 4 is 15.9 Å². The minimum atomic E-state index is -4.02. The molecule has 1 heterocycles. The first-order valence-corrected chi connectivity index (χ1v) is 8.36. The molecule has 0 radical (unpaired) electrons. The van der Waals surface area contributed by atoms with Gasteiger partial charge in [-0.05, 0) is 25.7 Å². The molecule has 0 saturated heterocycles. The second-order valence-corrected chi connectivity index (χ2v) is 6.56. The predicted octanol–water partition coefficient (Wildman–Crippen LogP) is -0.0832. The largest absolute Gasteiger partial charge is 0.379 e. The first kappa shape index (κ1) is 15.9. The highest BCUT2D eigenvalue weighted by atomic mass is 32.2. The number of aromatic nitrogens is 2. The van der Waals surface area contributed by atoms with Gasteiger partial charge in [0.25, 0.3) is 5.91 Å². The number of nitrogens with one attached hydrogen (secondary N) is 2. The predicted molar refractivity (Wildman–Crippen MR) is 75.2 cm³/mol. The molecular weight excluding hydrogens is 296 g/mol. The Morgan fingerprint density at radius 3 is 2.81 bits per heavy atom. The van der Waals surface area contributed by atoms with E-state index in [9.17, 15) is 13.2 Å². The second kappa shape index (κ2) is 6.12. The van der Waals surface area contributed by atoms with Crippen molar-refractivity contribution < 1.29 is 17.9 Å². The number of carbonyl (C=O) groups excluding carboxylic acids is 1. The lowest BCUT2D eigenvalue weighted by molar-refractivity contribution is 0.0717. The zero-order valence-corrected chi connectivity index (χ0v) is 12.9. The van der Waals surface area contributed by atoms with Gasteiger partial charge >= 0.3 is 0 Å². The maximum atomic E-state index is 12.3. The number of nitrogens with zero attached hydrogens (tertiary/aromatic N) is 1. The van der Waals surface area contributed by atoms with Gasteiger partial charge in [-0.1, -0.05) is 6.92 Å². The standard InChI is InChI=1S/C12H20N4O4S/c1-3-7-11(21(13,18)19)10(16-15-7)12(17)14-8-5-4-6-9(8)20-2/h8-9H,3-6H2,1-2H3,(H,14,17)(H,15,16)(H2,13,18,19). The Morgan fingerprint density at radius 2 is 2.24 bits per heavy atom. The SMILES string of the molecule is CCc1[nH]nc(C(=O)NC2CCCC2OC)c1S(N)(=O)=O. The lowest BCUT2D eigenvalue weighted by atomic mass is 10.2. The van der Waals surface area contributed by atoms with Crippen molar-refractivity contribution in [1.29, 1.82) is 0 Å². The fraction of sp³-hybridized carbons (Fsp3) is 0.667. The fourth-order valence-corrected chi connectivity index (χ4v) is 3.62. The molecule has 1 aromatic heterocycles. The normalized spacial score (nSPS) is 22.4. The minimum absolute atomic E-state index is 0.0588. The third-order valence-corrected chi connectivity index (χ3v) is 4.73. The second-order valence-electron chi connectivity index (χ2n) is 5.06. The number of H-pyrrole nitrogens is 1. The van der Waals surface area contributed by atoms with Crippen LogP contribution < -0.4 is 10.5 Å². The Kier molecular flexibility index (Phi) is 4.64. The molecule has 2 unspecified atom stereocenters. The van der Waals surface area contributed by atoms with Crippen molar-refractivity contribution in [1.82, 2.24) is 15.5 Å². The Bertz CT molecular complexity index is 625. The molecule has 4 N–H and O–H groups in total. The monoisotopic (exact) mass is 316 g/mol. The number of aryl methyl sites for hydroxylation is 1. The first-order chi connectivity index (χ1) is 9.88. The molecule has 21 heavy (non-hydrogen) atoms. The van der Waals surface area contributed by atoms with E-state index in [1.165, 1.54) is 0 Å². The number of hydrogen-bond donors (Lipinski definition) is 3. The molecule has 1 aromatic rings. The van der Waals surface area contributed by atoms with E-state index in [-0.39, 0.29) is 22.7 Å². The summed E-state index contributed by atoms with van der Waals surface area (Å²) in [6.07, 6.45) is 2.93. The average Bonchev–Trinajstić information content (AvgIpc) is 3.03. The van der Waals surface area contributed by atoms with Crippen LogP contribution in [0.15, 0.2) is 4.90 Å². The van der Waals surface area contributed by atoms with Crippen LogP contribution in [0, 0.1) is 0 Å². The number of methoxy groups -OCH3 is 1. The lowest BCUT2D eigenvalue weighted by Crippen LogP contribution is -2.41. The molecule has 1 saturated carbocycles. The van der Waals surface area contributed by atoms with Gasteiger partial charge in [-0.25, -0.2) is 13.6 Å². The van der Waals surface area contributed by atoms with Gasteiger partial charge in [0, 0.05) is 7.11 Å². The molecule has 1 aliphatic rings. The first-order valence-electron chi connectivity index (χ1n) is 6.82. The van der Waals surface area contributed by atoms with E-state index in [4.69, 9.17) is 9.88 Å². The average molecular weight is 316 g/mol. The Morgan fingerprint density at radius 1 is 1.52 bits per heavy atom. The molecule has 1 fully saturated rings. The zero-order valence-electron chi connectivity index (χ0n) is 12.0. The van der Waals surface area contributed by atoms with Crippen LogP contribution in [0.2, 0.25) is 0 Å². The van der Waals surface area contributed by atoms with E-state index in [1.807, 2.05) is 0 Å². The molecule has 2 rings (SSSR count). The Hall–Kier alpha value is -1.45. The number of rotatable bonds is 5. The van der Waals surface area contributed by atoms with Gasteiger partial charge in [0.05, 0.1) is 17.8 Å². The highest BCUT2D eigenvalue weighted by molar-refractivity contribution is 7.89. The molecule has 118 valence electrons. The topological polar surface area (TPSA) is 127 Å². The van der Waals surface area contributed by atoms with Gasteiger partial charge < -0.3 is 10.1 Å². The molecule has 1 aliphatic carbocycles. The number of ether oxygens (including phenoxy) is 1. The highest BCUT2D eigenvalue weighted by Crippen LogP contribution is 2.23. The summed E-state index contributed by atoms with van der Waals surface area (Å²) in [4.78, 5) is 12.1. The van der Waals surface area contributed by atoms with E-state index in [0.717, 1.165) is 19.3 Å². The number of hydrogen-bond acceptors (Lipinski definition) is 5. The quantitative estimate of drug-likeness (QED) is 0.700. The van der Waals surface area contributed by atoms with Crippen molar-refractivity contribution in [2.75, 3.05) is 7.11 Å². The van der Waals surface area contributed by atoms with Crippen molar-refractivity contribution in [3.05, 3.63) is 11.4 Å². The number of aromatic amines is 1. The summed E-state index contributed by atoms with van der Waals surface area (Å²) in [6, 6.07) is -0.141. The number of sulfonamides is 1. The highest BCUT2D eigenvalue weighted by Gasteiger charge is 2.32. The number of nitrogens with two attached hydrogens (primary N) is 1. The van der Waals surface area contributed by atoms with Crippen LogP contribution in [0.5, 0.6) is 0 Å². The molecule has 0 spiro atoms. The third-order valence-electron chi connectivity index (χ3n) is 3.72. The van der Waals surface area contributed by atoms with E-state index in [2.05, 4.69) is 15.5 Å². The van der Waals surface area contributed by atoms with E-state index in [0.29, 0.717) is 12.1 Å². The van der Waals surface area contributed by atoms with Gasteiger partial charge in [0.2, 0.25) is 10.0 Å². The minimum Gasteiger partial charge on any atom is -0.379 e. The van der Waals surface area contributed by atoms with E-state index in [1.54, 1.807) is 14.0 Å². The summed E-state index contributed by atoms with van der Waals surface area (Å²) in [5, 5.41) is 14.3. The summed E-state index contributed by atoms with van der Waals surface area (Å²) in [7, 11) is -2.42. The molecular formula is C12H20N4O4S. The molecule has 0 aromatic carbocycles. The van der Waals surface area contributed by atoms with Crippen LogP contribution >= 0.6 is 0 Å². The number of carbonyl (C=O) groups is 1. The summed E-state index contributed by atoms with van der Waals surface area (Å²) in [6.45, 7) is 1.75. The Balaban J connectivity index is 2.26. The van der Waals surface area contributed by atoms with Gasteiger partial charge in [-0.3, -0.25) is 9.89 Å². The van der Waals surface area contributed by atoms with Gasteiger partial charge in [-0.15, -0.1) is 0 Å². The van der Waals surface area contributed by atoms with Gasteiger partial charge in [0.15, 0.2) is 5.69 Å². The maximum Gasteiger partial charge on any atom is 0.273 e. The molecule has 8 nitrogen and oxygen atoms in total. The van der Waals surface area contributed by atoms with Crippen molar-refractivity contribution in [3.63, 3.8) is 0 Å². The fourth-order valence-electron chi connectivity index (χ4n) is 2.68. The summed E-state index contributed by atoms with van der Waals surface area (Å²) < 4.78 is 28.6. The molecule has 2 atom stereocenters. The summed E-state index contributed by atoms with van der Waals surface area (Å²) >= 11 is 0. The maximum absolute atomic E-state index is 12.3. The van der Waals surface area contributed by atoms with Crippen LogP contribution in [0.4, 0.5) is 0 Å². The summed E-state index contributed by atoms with van der Waals surface area (Å²) in [5.74, 6) is -0.552. The molecule has 0 bridgehead atoms. The van der Waals surface area contributed by atoms with E-state index < -0.39 is 15.9 Å². The number of amides is 1. The van der Waals surface area contributed by atoms with Crippen molar-refractivity contribution in [2.24, 2.45) is 5.14 Å². The summed E-state index contributed by atoms with van der Waals surface area (Å²) in [5.41, 5.74) is 0.147. The van der Waals surface area contributed by atoms with Crippen LogP contribution in [0.1, 0.15) is 42.4 Å². The van der Waals surface area contributed by atoms with Crippen LogP contribution in [-0.4, -0.2) is 43.8 Å². The Labute approximate surface area is 123 Å².